The summed E-state index contributed by atoms with van der Waals surface area (Å²) in [7, 11) is 0. The molecule has 0 amide bonds. The Balaban J connectivity index is 4.81. The molecule has 0 aliphatic rings. The Kier molecular flexibility index (Phi) is 3.51. The summed E-state index contributed by atoms with van der Waals surface area (Å²) in [5.74, 6) is -2.62. The molecule has 2 heteroatoms. The largest absolute Gasteiger partial charge is 0.257 e. The van der Waals surface area contributed by atoms with Crippen molar-refractivity contribution in [2.45, 2.75) is 60.3 Å². The molecule has 0 N–H and O–H groups in total. The Morgan fingerprint density at radius 2 is 1.31 bits per heavy atom. The maximum Gasteiger partial charge on any atom is 0.257 e. The molecule has 0 nitrogen and oxygen atoms in total. The van der Waals surface area contributed by atoms with Gasteiger partial charge in [-0.05, 0) is 6.42 Å². The first-order chi connectivity index (χ1) is 5.56. The van der Waals surface area contributed by atoms with E-state index in [0.717, 1.165) is 6.42 Å². The normalized spacial score (nSPS) is 14.8. The number of alkyl halides is 2. The summed E-state index contributed by atoms with van der Waals surface area (Å²) < 4.78 is 27.8. The van der Waals surface area contributed by atoms with Gasteiger partial charge >= 0.3 is 0 Å². The molecular formula is C11H22F2. The lowest BCUT2D eigenvalue weighted by Crippen LogP contribution is -2.46. The standard InChI is InChI=1S/C11H22F2/c1-7-8-10(5,6)11(12,13)9(2,3)4/h7-8H2,1-6H3. The maximum absolute atomic E-state index is 13.9. The Bertz CT molecular complexity index is 163. The fourth-order valence-corrected chi connectivity index (χ4v) is 1.80. The van der Waals surface area contributed by atoms with Gasteiger partial charge in [-0.3, -0.25) is 0 Å². The monoisotopic (exact) mass is 192 g/mol. The van der Waals surface area contributed by atoms with Crippen LogP contribution in [0, 0.1) is 10.8 Å². The van der Waals surface area contributed by atoms with Crippen LogP contribution < -0.4 is 0 Å². The van der Waals surface area contributed by atoms with E-state index < -0.39 is 16.8 Å². The summed E-state index contributed by atoms with van der Waals surface area (Å²) in [6, 6.07) is 0. The smallest absolute Gasteiger partial charge is 0.206 e. The third kappa shape index (κ3) is 2.41. The van der Waals surface area contributed by atoms with Gasteiger partial charge in [-0.25, -0.2) is 8.78 Å². The van der Waals surface area contributed by atoms with Crippen LogP contribution >= 0.6 is 0 Å². The van der Waals surface area contributed by atoms with Gasteiger partial charge in [0, 0.05) is 10.8 Å². The highest BCUT2D eigenvalue weighted by Gasteiger charge is 2.54. The van der Waals surface area contributed by atoms with Gasteiger partial charge in [0.25, 0.3) is 5.92 Å². The zero-order valence-corrected chi connectivity index (χ0v) is 9.67. The first-order valence-corrected chi connectivity index (χ1v) is 4.94. The Labute approximate surface area is 80.7 Å². The zero-order valence-electron chi connectivity index (χ0n) is 9.67. The van der Waals surface area contributed by atoms with Gasteiger partial charge in [0.2, 0.25) is 0 Å². The average molecular weight is 192 g/mol. The van der Waals surface area contributed by atoms with Crippen LogP contribution in [0.1, 0.15) is 54.4 Å². The second kappa shape index (κ2) is 3.55. The molecule has 0 bridgehead atoms. The van der Waals surface area contributed by atoms with E-state index in [-0.39, 0.29) is 0 Å². The highest BCUT2D eigenvalue weighted by Crippen LogP contribution is 2.50. The minimum atomic E-state index is -2.62. The molecule has 0 aromatic carbocycles. The third-order valence-electron chi connectivity index (χ3n) is 2.67. The van der Waals surface area contributed by atoms with E-state index in [1.54, 1.807) is 34.6 Å². The van der Waals surface area contributed by atoms with Crippen LogP contribution in [0.2, 0.25) is 0 Å². The second-order valence-corrected chi connectivity index (χ2v) is 5.46. The lowest BCUT2D eigenvalue weighted by Gasteiger charge is -2.42. The molecule has 80 valence electrons. The highest BCUT2D eigenvalue weighted by atomic mass is 19.3. The molecule has 0 saturated carbocycles. The molecule has 0 spiro atoms. The van der Waals surface area contributed by atoms with Gasteiger partial charge in [-0.15, -0.1) is 0 Å². The number of hydrogen-bond acceptors (Lipinski definition) is 0. The minimum absolute atomic E-state index is 0.567. The maximum atomic E-state index is 13.9. The summed E-state index contributed by atoms with van der Waals surface area (Å²) >= 11 is 0. The lowest BCUT2D eigenvalue weighted by atomic mass is 9.70. The van der Waals surface area contributed by atoms with Crippen LogP contribution in [0.3, 0.4) is 0 Å². The van der Waals surface area contributed by atoms with E-state index >= 15 is 0 Å². The van der Waals surface area contributed by atoms with Crippen molar-refractivity contribution < 1.29 is 8.78 Å². The minimum Gasteiger partial charge on any atom is -0.206 e. The SMILES string of the molecule is CCCC(C)(C)C(F)(F)C(C)(C)C. The summed E-state index contributed by atoms with van der Waals surface area (Å²) in [6.45, 7) is 10.1. The van der Waals surface area contributed by atoms with Gasteiger partial charge in [0.1, 0.15) is 0 Å². The topological polar surface area (TPSA) is 0 Å². The third-order valence-corrected chi connectivity index (χ3v) is 2.67. The van der Waals surface area contributed by atoms with Gasteiger partial charge < -0.3 is 0 Å². The quantitative estimate of drug-likeness (QED) is 0.618. The Morgan fingerprint density at radius 1 is 0.923 bits per heavy atom. The molecule has 0 saturated heterocycles. The van der Waals surface area contributed by atoms with Crippen LogP contribution in [-0.4, -0.2) is 5.92 Å². The van der Waals surface area contributed by atoms with E-state index in [1.807, 2.05) is 6.92 Å². The molecular weight excluding hydrogens is 170 g/mol. The van der Waals surface area contributed by atoms with E-state index in [2.05, 4.69) is 0 Å². The fourth-order valence-electron chi connectivity index (χ4n) is 1.80. The zero-order chi connectivity index (χ0) is 10.9. The number of halogens is 2. The molecule has 0 rings (SSSR count). The van der Waals surface area contributed by atoms with Crippen molar-refractivity contribution in [3.8, 4) is 0 Å². The molecule has 0 heterocycles. The van der Waals surface area contributed by atoms with E-state index in [0.29, 0.717) is 6.42 Å². The summed E-state index contributed by atoms with van der Waals surface area (Å²) in [6.07, 6.45) is 1.37. The van der Waals surface area contributed by atoms with Crippen molar-refractivity contribution in [2.24, 2.45) is 10.8 Å². The summed E-state index contributed by atoms with van der Waals surface area (Å²) in [5.41, 5.74) is -1.86. The van der Waals surface area contributed by atoms with Crippen LogP contribution in [0.15, 0.2) is 0 Å². The Morgan fingerprint density at radius 3 is 1.54 bits per heavy atom. The van der Waals surface area contributed by atoms with E-state index in [9.17, 15) is 8.78 Å². The Hall–Kier alpha value is -0.140. The first kappa shape index (κ1) is 12.9. The van der Waals surface area contributed by atoms with Crippen LogP contribution in [0.25, 0.3) is 0 Å². The van der Waals surface area contributed by atoms with Crippen LogP contribution in [-0.2, 0) is 0 Å². The van der Waals surface area contributed by atoms with Crippen molar-refractivity contribution in [3.05, 3.63) is 0 Å². The predicted molar refractivity (Wildman–Crippen MR) is 53.1 cm³/mol. The fraction of sp³-hybridized carbons (Fsp3) is 1.00. The van der Waals surface area contributed by atoms with Gasteiger partial charge in [-0.1, -0.05) is 48.0 Å². The van der Waals surface area contributed by atoms with E-state index in [1.165, 1.54) is 0 Å². The number of hydrogen-bond donors (Lipinski definition) is 0. The molecule has 0 aromatic heterocycles. The molecule has 0 aliphatic heterocycles. The predicted octanol–water partition coefficient (Wildman–Crippen LogP) is 4.49. The molecule has 0 radical (unpaired) electrons. The number of rotatable bonds is 3. The lowest BCUT2D eigenvalue weighted by molar-refractivity contribution is -0.182. The van der Waals surface area contributed by atoms with Crippen LogP contribution in [0.4, 0.5) is 8.78 Å². The average Bonchev–Trinajstić information content (AvgIpc) is 1.84. The van der Waals surface area contributed by atoms with Crippen molar-refractivity contribution in [1.29, 1.82) is 0 Å². The van der Waals surface area contributed by atoms with Crippen molar-refractivity contribution in [2.75, 3.05) is 0 Å². The summed E-state index contributed by atoms with van der Waals surface area (Å²) in [4.78, 5) is 0. The molecule has 13 heavy (non-hydrogen) atoms. The highest BCUT2D eigenvalue weighted by molar-refractivity contribution is 4.93. The molecule has 0 fully saturated rings. The molecule has 0 unspecified atom stereocenters. The van der Waals surface area contributed by atoms with Crippen molar-refractivity contribution in [3.63, 3.8) is 0 Å². The molecule has 0 aliphatic carbocycles. The summed E-state index contributed by atoms with van der Waals surface area (Å²) in [5, 5.41) is 0. The van der Waals surface area contributed by atoms with Gasteiger partial charge in [-0.2, -0.15) is 0 Å². The van der Waals surface area contributed by atoms with Crippen molar-refractivity contribution in [1.82, 2.24) is 0 Å². The van der Waals surface area contributed by atoms with Gasteiger partial charge in [0.15, 0.2) is 0 Å². The molecule has 0 aromatic rings. The van der Waals surface area contributed by atoms with E-state index in [4.69, 9.17) is 0 Å². The second-order valence-electron chi connectivity index (χ2n) is 5.46. The van der Waals surface area contributed by atoms with Crippen molar-refractivity contribution >= 4 is 0 Å². The van der Waals surface area contributed by atoms with Gasteiger partial charge in [0.05, 0.1) is 0 Å². The first-order valence-electron chi connectivity index (χ1n) is 4.94. The van der Waals surface area contributed by atoms with Crippen LogP contribution in [0.5, 0.6) is 0 Å². The molecule has 0 atom stereocenters.